The van der Waals surface area contributed by atoms with E-state index in [0.29, 0.717) is 21.8 Å². The molecule has 0 saturated carbocycles. The molecule has 8 heteroatoms. The Kier molecular flexibility index (Phi) is 5.42. The summed E-state index contributed by atoms with van der Waals surface area (Å²) < 4.78 is 31.3. The number of carbonyl (C=O) groups excluding carboxylic acids is 1. The number of carbonyl (C=O) groups is 1. The second-order valence-corrected chi connectivity index (χ2v) is 7.79. The third-order valence-corrected chi connectivity index (χ3v) is 6.16. The molecule has 0 saturated heterocycles. The Balaban J connectivity index is 2.43. The van der Waals surface area contributed by atoms with E-state index in [1.54, 1.807) is 6.92 Å². The lowest BCUT2D eigenvalue weighted by atomic mass is 10.2. The first-order valence-corrected chi connectivity index (χ1v) is 9.01. The maximum absolute atomic E-state index is 12.8. The minimum absolute atomic E-state index is 0.0365. The Hall–Kier alpha value is -1.76. The molecule has 0 spiro atoms. The standard InChI is InChI=1S/C16H15Cl2NO4S/c1-10-8-15(14(18)9-13(10)17)24(21,22)19(2)12-6-4-11(5-7-12)16(20)23-3/h4-9H,1-3H3. The normalized spacial score (nSPS) is 11.2. The summed E-state index contributed by atoms with van der Waals surface area (Å²) in [5, 5.41) is 0.438. The number of hydrogen-bond acceptors (Lipinski definition) is 4. The topological polar surface area (TPSA) is 63.7 Å². The number of benzene rings is 2. The number of esters is 1. The van der Waals surface area contributed by atoms with Crippen LogP contribution in [0.3, 0.4) is 0 Å². The minimum atomic E-state index is -3.87. The molecule has 2 aromatic carbocycles. The van der Waals surface area contributed by atoms with Gasteiger partial charge in [0.2, 0.25) is 0 Å². The number of aryl methyl sites for hydroxylation is 1. The highest BCUT2D eigenvalue weighted by Gasteiger charge is 2.25. The van der Waals surface area contributed by atoms with Gasteiger partial charge in [-0.05, 0) is 48.9 Å². The molecule has 128 valence electrons. The number of methoxy groups -OCH3 is 1. The molecule has 2 aromatic rings. The number of rotatable bonds is 4. The van der Waals surface area contributed by atoms with Crippen molar-refractivity contribution in [2.24, 2.45) is 0 Å². The zero-order valence-electron chi connectivity index (χ0n) is 13.2. The molecule has 0 radical (unpaired) electrons. The van der Waals surface area contributed by atoms with Crippen LogP contribution in [0.4, 0.5) is 5.69 Å². The van der Waals surface area contributed by atoms with Crippen molar-refractivity contribution in [3.05, 3.63) is 57.6 Å². The summed E-state index contributed by atoms with van der Waals surface area (Å²) >= 11 is 12.0. The molecular weight excluding hydrogens is 373 g/mol. The van der Waals surface area contributed by atoms with Gasteiger partial charge >= 0.3 is 5.97 Å². The lowest BCUT2D eigenvalue weighted by Gasteiger charge is -2.21. The van der Waals surface area contributed by atoms with Gasteiger partial charge in [-0.15, -0.1) is 0 Å². The van der Waals surface area contributed by atoms with Gasteiger partial charge in [-0.25, -0.2) is 13.2 Å². The van der Waals surface area contributed by atoms with Gasteiger partial charge in [0.1, 0.15) is 4.90 Å². The van der Waals surface area contributed by atoms with Crippen LogP contribution >= 0.6 is 23.2 Å². The molecule has 0 unspecified atom stereocenters. The molecule has 0 amide bonds. The van der Waals surface area contributed by atoms with Crippen molar-refractivity contribution < 1.29 is 17.9 Å². The van der Waals surface area contributed by atoms with Gasteiger partial charge in [-0.2, -0.15) is 0 Å². The number of nitrogens with zero attached hydrogens (tertiary/aromatic N) is 1. The van der Waals surface area contributed by atoms with E-state index in [4.69, 9.17) is 23.2 Å². The maximum atomic E-state index is 12.8. The summed E-state index contributed by atoms with van der Waals surface area (Å²) in [6, 6.07) is 8.84. The molecule has 0 aliphatic heterocycles. The molecule has 0 atom stereocenters. The van der Waals surface area contributed by atoms with Crippen LogP contribution in [0.1, 0.15) is 15.9 Å². The van der Waals surface area contributed by atoms with Crippen LogP contribution in [-0.4, -0.2) is 28.5 Å². The van der Waals surface area contributed by atoms with E-state index < -0.39 is 16.0 Å². The zero-order chi connectivity index (χ0) is 18.1. The van der Waals surface area contributed by atoms with E-state index in [0.717, 1.165) is 4.31 Å². The molecule has 0 aliphatic carbocycles. The van der Waals surface area contributed by atoms with Gasteiger partial charge < -0.3 is 4.74 Å². The van der Waals surface area contributed by atoms with E-state index >= 15 is 0 Å². The Bertz CT molecular complexity index is 880. The molecular formula is C16H15Cl2NO4S. The molecule has 24 heavy (non-hydrogen) atoms. The highest BCUT2D eigenvalue weighted by molar-refractivity contribution is 7.93. The second kappa shape index (κ2) is 7.01. The van der Waals surface area contributed by atoms with Crippen LogP contribution in [0.15, 0.2) is 41.3 Å². The number of halogens is 2. The fraction of sp³-hybridized carbons (Fsp3) is 0.188. The maximum Gasteiger partial charge on any atom is 0.337 e. The van der Waals surface area contributed by atoms with E-state index in [1.807, 2.05) is 0 Å². The molecule has 0 N–H and O–H groups in total. The fourth-order valence-corrected chi connectivity index (χ4v) is 4.04. The molecule has 2 rings (SSSR count). The number of sulfonamides is 1. The molecule has 5 nitrogen and oxygen atoms in total. The molecule has 0 bridgehead atoms. The van der Waals surface area contributed by atoms with Crippen molar-refractivity contribution in [1.82, 2.24) is 0 Å². The van der Waals surface area contributed by atoms with Crippen molar-refractivity contribution in [3.8, 4) is 0 Å². The smallest absolute Gasteiger partial charge is 0.337 e. The van der Waals surface area contributed by atoms with Gasteiger partial charge in [0.25, 0.3) is 10.0 Å². The van der Waals surface area contributed by atoms with Gasteiger partial charge in [-0.3, -0.25) is 4.31 Å². The highest BCUT2D eigenvalue weighted by atomic mass is 35.5. The SMILES string of the molecule is COC(=O)c1ccc(N(C)S(=O)(=O)c2cc(C)c(Cl)cc2Cl)cc1. The molecule has 0 heterocycles. The first kappa shape index (κ1) is 18.6. The summed E-state index contributed by atoms with van der Waals surface area (Å²) in [4.78, 5) is 11.4. The van der Waals surface area contributed by atoms with Crippen LogP contribution in [0, 0.1) is 6.92 Å². The minimum Gasteiger partial charge on any atom is -0.465 e. The lowest BCUT2D eigenvalue weighted by Crippen LogP contribution is -2.27. The lowest BCUT2D eigenvalue weighted by molar-refractivity contribution is 0.0601. The average molecular weight is 388 g/mol. The predicted octanol–water partition coefficient (Wildman–Crippen LogP) is 3.91. The van der Waals surface area contributed by atoms with Gasteiger partial charge in [0, 0.05) is 12.1 Å². The van der Waals surface area contributed by atoms with E-state index in [-0.39, 0.29) is 9.92 Å². The number of anilines is 1. The summed E-state index contributed by atoms with van der Waals surface area (Å²) in [5.74, 6) is -0.497. The van der Waals surface area contributed by atoms with Crippen LogP contribution in [0.2, 0.25) is 10.0 Å². The highest BCUT2D eigenvalue weighted by Crippen LogP contribution is 2.31. The third kappa shape index (κ3) is 3.50. The average Bonchev–Trinajstić information content (AvgIpc) is 2.56. The van der Waals surface area contributed by atoms with Crippen LogP contribution in [0.5, 0.6) is 0 Å². The van der Waals surface area contributed by atoms with Gasteiger partial charge in [0.05, 0.1) is 23.4 Å². The Morgan fingerprint density at radius 3 is 2.21 bits per heavy atom. The second-order valence-electron chi connectivity index (χ2n) is 5.04. The first-order valence-electron chi connectivity index (χ1n) is 6.81. The summed E-state index contributed by atoms with van der Waals surface area (Å²) in [6.45, 7) is 1.70. The van der Waals surface area contributed by atoms with Crippen molar-refractivity contribution >= 4 is 44.9 Å². The van der Waals surface area contributed by atoms with Crippen LogP contribution < -0.4 is 4.31 Å². The van der Waals surface area contributed by atoms with Crippen molar-refractivity contribution in [3.63, 3.8) is 0 Å². The van der Waals surface area contributed by atoms with E-state index in [2.05, 4.69) is 4.74 Å². The van der Waals surface area contributed by atoms with Crippen LogP contribution in [-0.2, 0) is 14.8 Å². The monoisotopic (exact) mass is 387 g/mol. The molecule has 0 aromatic heterocycles. The quantitative estimate of drug-likeness (QED) is 0.745. The first-order chi connectivity index (χ1) is 11.2. The van der Waals surface area contributed by atoms with E-state index in [1.165, 1.54) is 50.6 Å². The summed E-state index contributed by atoms with van der Waals surface area (Å²) in [6.07, 6.45) is 0. The Morgan fingerprint density at radius 1 is 1.08 bits per heavy atom. The largest absolute Gasteiger partial charge is 0.465 e. The molecule has 0 aliphatic rings. The van der Waals surface area contributed by atoms with E-state index in [9.17, 15) is 13.2 Å². The van der Waals surface area contributed by atoms with Crippen molar-refractivity contribution in [2.45, 2.75) is 11.8 Å². The van der Waals surface area contributed by atoms with Gasteiger partial charge in [-0.1, -0.05) is 23.2 Å². The molecule has 0 fully saturated rings. The summed E-state index contributed by atoms with van der Waals surface area (Å²) in [7, 11) is -1.19. The fourth-order valence-electron chi connectivity index (χ4n) is 2.04. The summed E-state index contributed by atoms with van der Waals surface area (Å²) in [5.41, 5.74) is 1.31. The Labute approximate surface area is 150 Å². The van der Waals surface area contributed by atoms with Crippen molar-refractivity contribution in [2.75, 3.05) is 18.5 Å². The zero-order valence-corrected chi connectivity index (χ0v) is 15.5. The van der Waals surface area contributed by atoms with Crippen LogP contribution in [0.25, 0.3) is 0 Å². The predicted molar refractivity (Wildman–Crippen MR) is 94.6 cm³/mol. The van der Waals surface area contributed by atoms with Gasteiger partial charge in [0.15, 0.2) is 0 Å². The number of hydrogen-bond donors (Lipinski definition) is 0. The Morgan fingerprint density at radius 2 is 1.67 bits per heavy atom. The third-order valence-electron chi connectivity index (χ3n) is 3.50. The van der Waals surface area contributed by atoms with Crippen molar-refractivity contribution in [1.29, 1.82) is 0 Å². The number of ether oxygens (including phenoxy) is 1.